The number of hydrogen-bond acceptors (Lipinski definition) is 4. The number of halogens is 2. The van der Waals surface area contributed by atoms with Crippen molar-refractivity contribution in [1.82, 2.24) is 29.7 Å². The highest BCUT2D eigenvalue weighted by atomic mass is 19.1. The minimum absolute atomic E-state index is 0.0312. The molecule has 2 aromatic carbocycles. The molecule has 5 rings (SSSR count). The summed E-state index contributed by atoms with van der Waals surface area (Å²) in [6, 6.07) is 11.0. The van der Waals surface area contributed by atoms with Crippen molar-refractivity contribution < 1.29 is 13.6 Å². The van der Waals surface area contributed by atoms with E-state index in [4.69, 9.17) is 0 Å². The van der Waals surface area contributed by atoms with Crippen molar-refractivity contribution in [3.05, 3.63) is 94.6 Å². The summed E-state index contributed by atoms with van der Waals surface area (Å²) in [5.41, 5.74) is 4.38. The third-order valence-corrected chi connectivity index (χ3v) is 6.41. The smallest absolute Gasteiger partial charge is 0.276 e. The van der Waals surface area contributed by atoms with E-state index in [1.54, 1.807) is 4.90 Å². The van der Waals surface area contributed by atoms with Crippen LogP contribution in [0.5, 0.6) is 0 Å². The van der Waals surface area contributed by atoms with Crippen LogP contribution in [-0.2, 0) is 7.05 Å². The van der Waals surface area contributed by atoms with Crippen molar-refractivity contribution in [1.29, 1.82) is 0 Å². The third-order valence-electron chi connectivity index (χ3n) is 6.41. The third kappa shape index (κ3) is 3.49. The molecule has 0 bridgehead atoms. The Morgan fingerprint density at radius 1 is 1.03 bits per heavy atom. The second-order valence-corrected chi connectivity index (χ2v) is 8.24. The number of benzene rings is 2. The Hall–Kier alpha value is -3.88. The Bertz CT molecular complexity index is 1360. The van der Waals surface area contributed by atoms with E-state index in [1.807, 2.05) is 50.0 Å². The summed E-state index contributed by atoms with van der Waals surface area (Å²) in [4.78, 5) is 16.3. The van der Waals surface area contributed by atoms with Crippen molar-refractivity contribution in [2.75, 3.05) is 6.54 Å². The molecule has 0 saturated carbocycles. The fourth-order valence-corrected chi connectivity index (χ4v) is 4.48. The van der Waals surface area contributed by atoms with Crippen LogP contribution < -0.4 is 0 Å². The molecule has 4 aromatic rings. The highest BCUT2D eigenvalue weighted by Gasteiger charge is 2.36. The molecule has 1 aliphatic heterocycles. The van der Waals surface area contributed by atoms with E-state index in [2.05, 4.69) is 21.4 Å². The maximum atomic E-state index is 14.2. The average molecular weight is 448 g/mol. The van der Waals surface area contributed by atoms with Gasteiger partial charge in [0.2, 0.25) is 0 Å². The molecule has 9 heteroatoms. The number of carbonyl (C=O) groups excluding carboxylic acids is 1. The van der Waals surface area contributed by atoms with Gasteiger partial charge in [-0.25, -0.2) is 8.78 Å². The number of hydrogen-bond donors (Lipinski definition) is 0. The summed E-state index contributed by atoms with van der Waals surface area (Å²) in [5.74, 6) is -1.86. The maximum Gasteiger partial charge on any atom is 0.276 e. The molecule has 168 valence electrons. The summed E-state index contributed by atoms with van der Waals surface area (Å²) in [6.45, 7) is 4.44. The van der Waals surface area contributed by atoms with Crippen LogP contribution in [0.3, 0.4) is 0 Å². The zero-order valence-corrected chi connectivity index (χ0v) is 18.4. The molecule has 0 N–H and O–H groups in total. The second-order valence-electron chi connectivity index (χ2n) is 8.24. The first-order valence-electron chi connectivity index (χ1n) is 10.6. The van der Waals surface area contributed by atoms with Gasteiger partial charge in [0.05, 0.1) is 18.4 Å². The number of aryl methyl sites for hydroxylation is 1. The molecule has 0 fully saturated rings. The van der Waals surface area contributed by atoms with E-state index < -0.39 is 11.6 Å². The number of nitrogens with zero attached hydrogens (tertiary/aromatic N) is 6. The predicted octanol–water partition coefficient (Wildman–Crippen LogP) is 3.94. The number of carbonyl (C=O) groups is 1. The van der Waals surface area contributed by atoms with Gasteiger partial charge in [-0.2, -0.15) is 10.2 Å². The van der Waals surface area contributed by atoms with E-state index in [1.165, 1.54) is 17.8 Å². The quantitative estimate of drug-likeness (QED) is 0.476. The average Bonchev–Trinajstić information content (AvgIpc) is 3.41. The van der Waals surface area contributed by atoms with Gasteiger partial charge in [0.25, 0.3) is 5.91 Å². The maximum absolute atomic E-state index is 14.2. The molecule has 3 heterocycles. The van der Waals surface area contributed by atoms with Gasteiger partial charge in [0.15, 0.2) is 11.5 Å². The minimum atomic E-state index is -0.808. The van der Waals surface area contributed by atoms with Gasteiger partial charge in [-0.15, -0.1) is 9.90 Å². The zero-order chi connectivity index (χ0) is 23.3. The Morgan fingerprint density at radius 3 is 2.48 bits per heavy atom. The fourth-order valence-electron chi connectivity index (χ4n) is 4.48. The first-order chi connectivity index (χ1) is 15.8. The Morgan fingerprint density at radius 2 is 1.79 bits per heavy atom. The fraction of sp³-hybridized carbons (Fsp3) is 0.250. The molecule has 0 aliphatic carbocycles. The minimum Gasteiger partial charge on any atom is -0.329 e. The molecule has 0 saturated heterocycles. The summed E-state index contributed by atoms with van der Waals surface area (Å²) in [6.07, 6.45) is 3.16. The Labute approximate surface area is 189 Å². The number of fused-ring (bicyclic) bond motifs is 1. The topological polar surface area (TPSA) is 68.8 Å². The number of aromatic nitrogens is 5. The Kier molecular flexibility index (Phi) is 5.03. The van der Waals surface area contributed by atoms with E-state index in [0.717, 1.165) is 33.8 Å². The van der Waals surface area contributed by atoms with Crippen LogP contribution in [0.4, 0.5) is 8.78 Å². The van der Waals surface area contributed by atoms with Gasteiger partial charge in [0, 0.05) is 36.8 Å². The highest BCUT2D eigenvalue weighted by molar-refractivity contribution is 5.92. The van der Waals surface area contributed by atoms with Crippen LogP contribution in [0.15, 0.2) is 54.9 Å². The van der Waals surface area contributed by atoms with Gasteiger partial charge in [-0.05, 0) is 37.1 Å². The molecule has 0 spiro atoms. The molecule has 2 atom stereocenters. The van der Waals surface area contributed by atoms with Gasteiger partial charge >= 0.3 is 0 Å². The van der Waals surface area contributed by atoms with Crippen molar-refractivity contribution in [2.45, 2.75) is 25.8 Å². The van der Waals surface area contributed by atoms with E-state index in [-0.39, 0.29) is 29.2 Å². The molecule has 7 nitrogen and oxygen atoms in total. The predicted molar refractivity (Wildman–Crippen MR) is 117 cm³/mol. The van der Waals surface area contributed by atoms with Gasteiger partial charge in [-0.1, -0.05) is 24.3 Å². The number of rotatable bonds is 3. The highest BCUT2D eigenvalue weighted by Crippen LogP contribution is 2.40. The van der Waals surface area contributed by atoms with E-state index in [9.17, 15) is 13.6 Å². The molecule has 1 amide bonds. The van der Waals surface area contributed by atoms with Crippen molar-refractivity contribution in [3.63, 3.8) is 0 Å². The molecular weight excluding hydrogens is 426 g/mol. The van der Waals surface area contributed by atoms with Crippen LogP contribution >= 0.6 is 0 Å². The lowest BCUT2D eigenvalue weighted by Gasteiger charge is -2.39. The molecule has 2 unspecified atom stereocenters. The molecule has 1 aliphatic rings. The van der Waals surface area contributed by atoms with E-state index >= 15 is 0 Å². The van der Waals surface area contributed by atoms with Crippen molar-refractivity contribution in [2.24, 2.45) is 7.05 Å². The van der Waals surface area contributed by atoms with Gasteiger partial charge in [-0.3, -0.25) is 9.48 Å². The number of amides is 1. The molecule has 33 heavy (non-hydrogen) atoms. The van der Waals surface area contributed by atoms with Crippen LogP contribution in [0.2, 0.25) is 0 Å². The van der Waals surface area contributed by atoms with E-state index in [0.29, 0.717) is 6.54 Å². The second kappa shape index (κ2) is 7.91. The van der Waals surface area contributed by atoms with Crippen LogP contribution in [0, 0.1) is 18.6 Å². The first-order valence-corrected chi connectivity index (χ1v) is 10.6. The Balaban J connectivity index is 1.51. The van der Waals surface area contributed by atoms with Gasteiger partial charge in [0.1, 0.15) is 11.5 Å². The largest absolute Gasteiger partial charge is 0.329 e. The van der Waals surface area contributed by atoms with Gasteiger partial charge < -0.3 is 4.90 Å². The zero-order valence-electron chi connectivity index (χ0n) is 18.4. The summed E-state index contributed by atoms with van der Waals surface area (Å²) in [5, 5.41) is 12.6. The summed E-state index contributed by atoms with van der Waals surface area (Å²) < 4.78 is 29.2. The van der Waals surface area contributed by atoms with Crippen LogP contribution in [0.1, 0.15) is 51.8 Å². The molecule has 0 radical (unpaired) electrons. The van der Waals surface area contributed by atoms with Crippen LogP contribution in [0.25, 0.3) is 5.69 Å². The first kappa shape index (κ1) is 21.0. The van der Waals surface area contributed by atoms with Crippen molar-refractivity contribution in [3.8, 4) is 5.69 Å². The lowest BCUT2D eigenvalue weighted by atomic mass is 9.82. The lowest BCUT2D eigenvalue weighted by Crippen LogP contribution is -2.41. The molecule has 2 aromatic heterocycles. The van der Waals surface area contributed by atoms with Crippen molar-refractivity contribution >= 4 is 5.91 Å². The van der Waals surface area contributed by atoms with Crippen LogP contribution in [-0.4, -0.2) is 42.1 Å². The molecular formula is C24H22F2N6O. The summed E-state index contributed by atoms with van der Waals surface area (Å²) in [7, 11) is 1.89. The monoisotopic (exact) mass is 448 g/mol. The normalized spacial score (nSPS) is 17.8. The standard InChI is InChI=1S/C24H22F2N6O/c1-14-19(11-27-30(14)3)20-13-31(15(2)17-6-4-5-7-18(17)20)24(33)22-12-28-32(29-22)23-9-8-16(25)10-21(23)26/h4-12,15,20H,13H2,1-3H3. The lowest BCUT2D eigenvalue weighted by molar-refractivity contribution is 0.0658. The summed E-state index contributed by atoms with van der Waals surface area (Å²) >= 11 is 0. The SMILES string of the molecule is Cc1c(C2CN(C(=O)c3cnn(-c4ccc(F)cc4F)n3)C(C)c3ccccc32)cnn1C.